The Morgan fingerprint density at radius 2 is 1.83 bits per heavy atom. The van der Waals surface area contributed by atoms with E-state index in [4.69, 9.17) is 17.0 Å². The molecule has 1 aromatic heterocycles. The molecule has 3 aromatic rings. The monoisotopic (exact) mass is 408 g/mol. The van der Waals surface area contributed by atoms with Gasteiger partial charge in [-0.15, -0.1) is 0 Å². The molecule has 0 bridgehead atoms. The van der Waals surface area contributed by atoms with Crippen LogP contribution in [0.25, 0.3) is 11.3 Å². The molecule has 0 aliphatic carbocycles. The molecular formula is C21H20N4O3S. The fraction of sp³-hybridized carbons (Fsp3) is 0.143. The third-order valence-corrected chi connectivity index (χ3v) is 4.40. The summed E-state index contributed by atoms with van der Waals surface area (Å²) in [5.41, 5.74) is 1.53. The minimum atomic E-state index is -0.454. The lowest BCUT2D eigenvalue weighted by atomic mass is 10.1. The highest BCUT2D eigenvalue weighted by atomic mass is 32.1. The van der Waals surface area contributed by atoms with Gasteiger partial charge in [0.25, 0.3) is 5.91 Å². The minimum absolute atomic E-state index is 0.133. The molecule has 7 nitrogen and oxygen atoms in total. The van der Waals surface area contributed by atoms with Crippen LogP contribution < -0.4 is 21.1 Å². The zero-order valence-electron chi connectivity index (χ0n) is 16.0. The SMILES string of the molecule is CCn1cc(C(=O)NC(=S)Nc2ccc(OC)cc2)c(-c2ccccc2)nc1=O. The van der Waals surface area contributed by atoms with Crippen molar-refractivity contribution in [2.45, 2.75) is 13.5 Å². The van der Waals surface area contributed by atoms with Gasteiger partial charge in [-0.25, -0.2) is 4.79 Å². The third kappa shape index (κ3) is 4.85. The molecule has 0 saturated carbocycles. The highest BCUT2D eigenvalue weighted by Crippen LogP contribution is 2.20. The molecule has 0 unspecified atom stereocenters. The molecule has 8 heteroatoms. The molecule has 1 heterocycles. The standard InChI is InChI=1S/C21H20N4O3S/c1-3-25-13-17(18(23-21(25)27)14-7-5-4-6-8-14)19(26)24-20(29)22-15-9-11-16(28-2)12-10-15/h4-13H,3H2,1-2H3,(H2,22,24,26,29). The summed E-state index contributed by atoms with van der Waals surface area (Å²) in [6, 6.07) is 16.2. The van der Waals surface area contributed by atoms with Gasteiger partial charge in [0.05, 0.1) is 18.4 Å². The third-order valence-electron chi connectivity index (χ3n) is 4.20. The first-order valence-electron chi connectivity index (χ1n) is 8.95. The Kier molecular flexibility index (Phi) is 6.36. The van der Waals surface area contributed by atoms with Crippen LogP contribution in [-0.4, -0.2) is 27.7 Å². The zero-order chi connectivity index (χ0) is 20.8. The van der Waals surface area contributed by atoms with E-state index in [-0.39, 0.29) is 10.7 Å². The Balaban J connectivity index is 1.85. The first-order chi connectivity index (χ1) is 14.0. The van der Waals surface area contributed by atoms with Crippen LogP contribution >= 0.6 is 12.2 Å². The van der Waals surface area contributed by atoms with Gasteiger partial charge in [-0.05, 0) is 43.4 Å². The van der Waals surface area contributed by atoms with Crippen LogP contribution in [0, 0.1) is 0 Å². The number of benzene rings is 2. The number of methoxy groups -OCH3 is 1. The molecule has 1 amide bonds. The molecule has 2 aromatic carbocycles. The molecule has 3 rings (SSSR count). The summed E-state index contributed by atoms with van der Waals surface area (Å²) in [7, 11) is 1.58. The van der Waals surface area contributed by atoms with Crippen molar-refractivity contribution in [2.24, 2.45) is 0 Å². The van der Waals surface area contributed by atoms with Gasteiger partial charge in [-0.2, -0.15) is 4.98 Å². The van der Waals surface area contributed by atoms with Crippen molar-refractivity contribution in [3.05, 3.63) is 76.8 Å². The van der Waals surface area contributed by atoms with Crippen LogP contribution in [0.15, 0.2) is 65.6 Å². The van der Waals surface area contributed by atoms with Crippen molar-refractivity contribution in [3.63, 3.8) is 0 Å². The normalized spacial score (nSPS) is 10.3. The van der Waals surface area contributed by atoms with Gasteiger partial charge in [0, 0.05) is 24.0 Å². The highest BCUT2D eigenvalue weighted by Gasteiger charge is 2.18. The fourth-order valence-electron chi connectivity index (χ4n) is 2.71. The average Bonchev–Trinajstić information content (AvgIpc) is 2.74. The van der Waals surface area contributed by atoms with Gasteiger partial charge in [-0.1, -0.05) is 30.3 Å². The van der Waals surface area contributed by atoms with Crippen molar-refractivity contribution >= 4 is 28.9 Å². The molecule has 0 radical (unpaired) electrons. The van der Waals surface area contributed by atoms with Gasteiger partial charge >= 0.3 is 5.69 Å². The number of aryl methyl sites for hydroxylation is 1. The molecular weight excluding hydrogens is 388 g/mol. The maximum atomic E-state index is 12.9. The Hall–Kier alpha value is -3.52. The number of carbonyl (C=O) groups excluding carboxylic acids is 1. The number of nitrogens with one attached hydrogen (secondary N) is 2. The first-order valence-corrected chi connectivity index (χ1v) is 9.36. The molecule has 0 atom stereocenters. The summed E-state index contributed by atoms with van der Waals surface area (Å²) in [4.78, 5) is 29.2. The number of thiocarbonyl (C=S) groups is 1. The Morgan fingerprint density at radius 1 is 1.14 bits per heavy atom. The van der Waals surface area contributed by atoms with Crippen LogP contribution in [0.3, 0.4) is 0 Å². The predicted octanol–water partition coefficient (Wildman–Crippen LogP) is 3.07. The summed E-state index contributed by atoms with van der Waals surface area (Å²) >= 11 is 5.26. The Morgan fingerprint density at radius 3 is 2.45 bits per heavy atom. The molecule has 29 heavy (non-hydrogen) atoms. The summed E-state index contributed by atoms with van der Waals surface area (Å²) < 4.78 is 6.49. The number of nitrogens with zero attached hydrogens (tertiary/aromatic N) is 2. The van der Waals surface area contributed by atoms with E-state index in [0.717, 1.165) is 0 Å². The lowest BCUT2D eigenvalue weighted by Crippen LogP contribution is -2.36. The van der Waals surface area contributed by atoms with Crippen molar-refractivity contribution < 1.29 is 9.53 Å². The average molecular weight is 408 g/mol. The quantitative estimate of drug-likeness (QED) is 0.631. The van der Waals surface area contributed by atoms with E-state index in [2.05, 4.69) is 15.6 Å². The number of hydrogen-bond acceptors (Lipinski definition) is 5. The molecule has 0 saturated heterocycles. The fourth-order valence-corrected chi connectivity index (χ4v) is 2.92. The molecule has 0 aliphatic heterocycles. The number of hydrogen-bond donors (Lipinski definition) is 2. The maximum Gasteiger partial charge on any atom is 0.348 e. The van der Waals surface area contributed by atoms with Crippen LogP contribution in [0.1, 0.15) is 17.3 Å². The first kappa shape index (κ1) is 20.2. The molecule has 0 aliphatic rings. The Labute approximate surface area is 173 Å². The number of ether oxygens (including phenoxy) is 1. The summed E-state index contributed by atoms with van der Waals surface area (Å²) in [6.07, 6.45) is 1.50. The minimum Gasteiger partial charge on any atom is -0.497 e. The second-order valence-corrected chi connectivity index (χ2v) is 6.48. The number of amides is 1. The van der Waals surface area contributed by atoms with Gasteiger partial charge in [0.15, 0.2) is 5.11 Å². The van der Waals surface area contributed by atoms with E-state index in [1.54, 1.807) is 43.5 Å². The maximum absolute atomic E-state index is 12.9. The number of carbonyl (C=O) groups is 1. The van der Waals surface area contributed by atoms with Crippen molar-refractivity contribution in [1.82, 2.24) is 14.9 Å². The largest absolute Gasteiger partial charge is 0.497 e. The van der Waals surface area contributed by atoms with Crippen LogP contribution in [-0.2, 0) is 6.54 Å². The number of rotatable bonds is 5. The van der Waals surface area contributed by atoms with Crippen molar-refractivity contribution in [2.75, 3.05) is 12.4 Å². The van der Waals surface area contributed by atoms with E-state index >= 15 is 0 Å². The summed E-state index contributed by atoms with van der Waals surface area (Å²) in [5, 5.41) is 5.73. The summed E-state index contributed by atoms with van der Waals surface area (Å²) in [6.45, 7) is 2.21. The molecule has 0 spiro atoms. The second-order valence-electron chi connectivity index (χ2n) is 6.07. The predicted molar refractivity (Wildman–Crippen MR) is 116 cm³/mol. The highest BCUT2D eigenvalue weighted by molar-refractivity contribution is 7.80. The van der Waals surface area contributed by atoms with E-state index < -0.39 is 11.6 Å². The number of aromatic nitrogens is 2. The van der Waals surface area contributed by atoms with E-state index in [1.807, 2.05) is 25.1 Å². The van der Waals surface area contributed by atoms with Crippen LogP contribution in [0.5, 0.6) is 5.75 Å². The van der Waals surface area contributed by atoms with Gasteiger partial charge < -0.3 is 10.1 Å². The smallest absolute Gasteiger partial charge is 0.348 e. The number of anilines is 1. The molecule has 2 N–H and O–H groups in total. The topological polar surface area (TPSA) is 85.2 Å². The van der Waals surface area contributed by atoms with E-state index in [0.29, 0.717) is 29.2 Å². The Bertz CT molecular complexity index is 1080. The van der Waals surface area contributed by atoms with Crippen molar-refractivity contribution in [3.8, 4) is 17.0 Å². The zero-order valence-corrected chi connectivity index (χ0v) is 16.8. The van der Waals surface area contributed by atoms with Crippen molar-refractivity contribution in [1.29, 1.82) is 0 Å². The van der Waals surface area contributed by atoms with E-state index in [9.17, 15) is 9.59 Å². The van der Waals surface area contributed by atoms with Crippen LogP contribution in [0.4, 0.5) is 5.69 Å². The van der Waals surface area contributed by atoms with E-state index in [1.165, 1.54) is 10.8 Å². The molecule has 0 fully saturated rings. The second kappa shape index (κ2) is 9.11. The van der Waals surface area contributed by atoms with Gasteiger partial charge in [-0.3, -0.25) is 14.7 Å². The lowest BCUT2D eigenvalue weighted by Gasteiger charge is -2.13. The summed E-state index contributed by atoms with van der Waals surface area (Å²) in [5.74, 6) is 0.260. The lowest BCUT2D eigenvalue weighted by molar-refractivity contribution is 0.0977. The van der Waals surface area contributed by atoms with Gasteiger partial charge in [0.1, 0.15) is 5.75 Å². The van der Waals surface area contributed by atoms with Gasteiger partial charge in [0.2, 0.25) is 0 Å². The molecule has 148 valence electrons. The van der Waals surface area contributed by atoms with Crippen LogP contribution in [0.2, 0.25) is 0 Å².